The number of halogens is 4. The van der Waals surface area contributed by atoms with Gasteiger partial charge in [0.2, 0.25) is 0 Å². The molecule has 0 heterocycles. The number of methoxy groups -OCH3 is 1. The zero-order valence-electron chi connectivity index (χ0n) is 14.7. The van der Waals surface area contributed by atoms with Crippen molar-refractivity contribution in [1.29, 1.82) is 0 Å². The van der Waals surface area contributed by atoms with Crippen LogP contribution in [-0.2, 0) is 26.9 Å². The van der Waals surface area contributed by atoms with E-state index in [1.807, 2.05) is 12.1 Å². The fourth-order valence-electron chi connectivity index (χ4n) is 2.49. The van der Waals surface area contributed by atoms with Crippen molar-refractivity contribution in [2.75, 3.05) is 7.11 Å². The Labute approximate surface area is 173 Å². The number of carbonyl (C=O) groups excluding carboxylic acids is 2. The molecule has 0 saturated heterocycles. The quantitative estimate of drug-likeness (QED) is 0.465. The summed E-state index contributed by atoms with van der Waals surface area (Å²) < 4.78 is 43.5. The van der Waals surface area contributed by atoms with Gasteiger partial charge in [-0.2, -0.15) is 13.2 Å². The van der Waals surface area contributed by atoms with Gasteiger partial charge in [-0.1, -0.05) is 24.3 Å². The summed E-state index contributed by atoms with van der Waals surface area (Å²) in [5.41, 5.74) is -0.148. The van der Waals surface area contributed by atoms with Gasteiger partial charge >= 0.3 is 12.1 Å². The Morgan fingerprint density at radius 2 is 1.82 bits per heavy atom. The van der Waals surface area contributed by atoms with Gasteiger partial charge in [0, 0.05) is 9.99 Å². The Bertz CT molecular complexity index is 840. The smallest absolute Gasteiger partial charge is 0.416 e. The molecular formula is C19H17F3INO4. The van der Waals surface area contributed by atoms with Gasteiger partial charge in [0.1, 0.15) is 6.04 Å². The highest BCUT2D eigenvalue weighted by Crippen LogP contribution is 2.30. The van der Waals surface area contributed by atoms with Crippen molar-refractivity contribution in [3.8, 4) is 0 Å². The van der Waals surface area contributed by atoms with E-state index in [0.29, 0.717) is 0 Å². The second kappa shape index (κ2) is 9.37. The molecule has 0 aliphatic carbocycles. The summed E-state index contributed by atoms with van der Waals surface area (Å²) in [5.74, 6) is -1.62. The fourth-order valence-corrected chi connectivity index (χ4v) is 3.10. The number of hydrogen-bond donors (Lipinski definition) is 2. The second-order valence-electron chi connectivity index (χ2n) is 5.94. The van der Waals surface area contributed by atoms with E-state index in [0.717, 1.165) is 33.4 Å². The van der Waals surface area contributed by atoms with Crippen molar-refractivity contribution in [1.82, 2.24) is 5.32 Å². The largest absolute Gasteiger partial charge is 0.467 e. The number of alkyl halides is 3. The second-order valence-corrected chi connectivity index (χ2v) is 7.19. The van der Waals surface area contributed by atoms with Crippen LogP contribution in [0.4, 0.5) is 13.2 Å². The van der Waals surface area contributed by atoms with Gasteiger partial charge in [-0.25, -0.2) is 4.79 Å². The van der Waals surface area contributed by atoms with Crippen molar-refractivity contribution in [2.45, 2.75) is 24.7 Å². The van der Waals surface area contributed by atoms with E-state index in [1.165, 1.54) is 7.11 Å². The highest BCUT2D eigenvalue weighted by molar-refractivity contribution is 14.1. The van der Waals surface area contributed by atoms with E-state index in [9.17, 15) is 27.9 Å². The van der Waals surface area contributed by atoms with E-state index in [-0.39, 0.29) is 12.0 Å². The third-order valence-corrected chi connectivity index (χ3v) is 4.60. The van der Waals surface area contributed by atoms with Gasteiger partial charge in [0.05, 0.1) is 12.7 Å². The van der Waals surface area contributed by atoms with Crippen LogP contribution < -0.4 is 5.32 Å². The number of nitrogens with one attached hydrogen (secondary N) is 1. The maximum atomic E-state index is 12.6. The molecule has 5 nitrogen and oxygen atoms in total. The number of amides is 1. The van der Waals surface area contributed by atoms with Crippen LogP contribution in [0.1, 0.15) is 22.8 Å². The predicted molar refractivity (Wildman–Crippen MR) is 103 cm³/mol. The summed E-state index contributed by atoms with van der Waals surface area (Å²) in [6, 6.07) is 9.78. The molecule has 0 saturated carbocycles. The molecule has 150 valence electrons. The van der Waals surface area contributed by atoms with E-state index in [1.54, 1.807) is 12.1 Å². The SMILES string of the molecule is COC(=O)[C@@H](Cc1cccc(I)c1)NC(=O)[C@@H](O)c1ccc(C(F)(F)F)cc1. The molecule has 0 spiro atoms. The Hall–Kier alpha value is -2.14. The number of carbonyl (C=O) groups is 2. The summed E-state index contributed by atoms with van der Waals surface area (Å²) in [6.07, 6.45) is -6.12. The van der Waals surface area contributed by atoms with Crippen molar-refractivity contribution in [2.24, 2.45) is 0 Å². The molecule has 0 aliphatic heterocycles. The van der Waals surface area contributed by atoms with Gasteiger partial charge in [0.25, 0.3) is 5.91 Å². The van der Waals surface area contributed by atoms with Crippen LogP contribution in [0.2, 0.25) is 0 Å². The number of benzene rings is 2. The van der Waals surface area contributed by atoms with E-state index in [4.69, 9.17) is 4.74 Å². The van der Waals surface area contributed by atoms with Gasteiger partial charge in [-0.15, -0.1) is 0 Å². The van der Waals surface area contributed by atoms with Crippen LogP contribution in [0.15, 0.2) is 48.5 Å². The lowest BCUT2D eigenvalue weighted by molar-refractivity contribution is -0.146. The molecule has 0 aromatic heterocycles. The van der Waals surface area contributed by atoms with Crippen molar-refractivity contribution < 1.29 is 32.6 Å². The minimum atomic E-state index is -4.52. The van der Waals surface area contributed by atoms with E-state index < -0.39 is 35.8 Å². The Morgan fingerprint density at radius 3 is 2.36 bits per heavy atom. The molecule has 2 rings (SSSR count). The highest BCUT2D eigenvalue weighted by atomic mass is 127. The summed E-state index contributed by atoms with van der Waals surface area (Å²) in [4.78, 5) is 24.3. The van der Waals surface area contributed by atoms with Crippen molar-refractivity contribution >= 4 is 34.5 Å². The molecule has 0 radical (unpaired) electrons. The maximum Gasteiger partial charge on any atom is 0.416 e. The fraction of sp³-hybridized carbons (Fsp3) is 0.263. The first-order chi connectivity index (χ1) is 13.1. The molecule has 2 aromatic carbocycles. The number of aliphatic hydroxyl groups is 1. The summed E-state index contributed by atoms with van der Waals surface area (Å²) in [5, 5.41) is 12.5. The summed E-state index contributed by atoms with van der Waals surface area (Å²) in [7, 11) is 1.17. The molecule has 0 fully saturated rings. The van der Waals surface area contributed by atoms with Crippen LogP contribution in [0.3, 0.4) is 0 Å². The van der Waals surface area contributed by atoms with E-state index >= 15 is 0 Å². The molecule has 2 aromatic rings. The van der Waals surface area contributed by atoms with Crippen LogP contribution in [0, 0.1) is 3.57 Å². The first-order valence-corrected chi connectivity index (χ1v) is 9.17. The molecule has 1 amide bonds. The van der Waals surface area contributed by atoms with Crippen molar-refractivity contribution in [3.63, 3.8) is 0 Å². The first kappa shape index (κ1) is 22.2. The average molecular weight is 507 g/mol. The molecule has 0 unspecified atom stereocenters. The monoisotopic (exact) mass is 507 g/mol. The van der Waals surface area contributed by atoms with Gasteiger partial charge in [0.15, 0.2) is 6.10 Å². The average Bonchev–Trinajstić information content (AvgIpc) is 2.65. The minimum Gasteiger partial charge on any atom is -0.467 e. The Kier molecular flexibility index (Phi) is 7.41. The summed E-state index contributed by atoms with van der Waals surface area (Å²) >= 11 is 2.11. The van der Waals surface area contributed by atoms with Gasteiger partial charge in [-0.3, -0.25) is 4.79 Å². The standard InChI is InChI=1S/C19H17F3INO4/c1-28-18(27)15(10-11-3-2-4-14(23)9-11)24-17(26)16(25)12-5-7-13(8-6-12)19(20,21)22/h2-9,15-16,25H,10H2,1H3,(H,24,26)/t15-,16+/m1/s1. The molecule has 0 bridgehead atoms. The first-order valence-electron chi connectivity index (χ1n) is 8.09. The topological polar surface area (TPSA) is 75.6 Å². The lowest BCUT2D eigenvalue weighted by Crippen LogP contribution is -2.45. The maximum absolute atomic E-state index is 12.6. The molecule has 2 atom stereocenters. The third kappa shape index (κ3) is 5.93. The molecular weight excluding hydrogens is 490 g/mol. The normalized spacial score (nSPS) is 13.5. The van der Waals surface area contributed by atoms with Gasteiger partial charge < -0.3 is 15.2 Å². The van der Waals surface area contributed by atoms with Crippen LogP contribution in [0.25, 0.3) is 0 Å². The number of hydrogen-bond acceptors (Lipinski definition) is 4. The lowest BCUT2D eigenvalue weighted by atomic mass is 10.0. The van der Waals surface area contributed by atoms with Crippen LogP contribution >= 0.6 is 22.6 Å². The van der Waals surface area contributed by atoms with Gasteiger partial charge in [-0.05, 0) is 58.0 Å². The zero-order valence-corrected chi connectivity index (χ0v) is 16.8. The third-order valence-electron chi connectivity index (χ3n) is 3.93. The molecule has 2 N–H and O–H groups in total. The Morgan fingerprint density at radius 1 is 1.18 bits per heavy atom. The highest BCUT2D eigenvalue weighted by Gasteiger charge is 2.31. The van der Waals surface area contributed by atoms with E-state index in [2.05, 4.69) is 27.9 Å². The predicted octanol–water partition coefficient (Wildman–Crippen LogP) is 3.24. The number of esters is 1. The van der Waals surface area contributed by atoms with Crippen molar-refractivity contribution in [3.05, 3.63) is 68.8 Å². The zero-order chi connectivity index (χ0) is 20.9. The summed E-state index contributed by atoms with van der Waals surface area (Å²) in [6.45, 7) is 0. The van der Waals surface area contributed by atoms with Crippen LogP contribution in [0.5, 0.6) is 0 Å². The Balaban J connectivity index is 2.12. The van der Waals surface area contributed by atoms with Crippen LogP contribution in [-0.4, -0.2) is 30.1 Å². The molecule has 9 heteroatoms. The molecule has 0 aliphatic rings. The number of ether oxygens (including phenoxy) is 1. The lowest BCUT2D eigenvalue weighted by Gasteiger charge is -2.19. The molecule has 28 heavy (non-hydrogen) atoms. The number of aliphatic hydroxyl groups excluding tert-OH is 1. The minimum absolute atomic E-state index is 0.0247. The number of rotatable bonds is 6.